The molecule has 2 aromatic rings. The zero-order chi connectivity index (χ0) is 24.5. The number of fused-ring (bicyclic) bond motifs is 3. The zero-order valence-electron chi connectivity index (χ0n) is 19.5. The van der Waals surface area contributed by atoms with Crippen LogP contribution in [0.5, 0.6) is 0 Å². The van der Waals surface area contributed by atoms with Crippen LogP contribution in [0.15, 0.2) is 48.5 Å². The van der Waals surface area contributed by atoms with Crippen molar-refractivity contribution >= 4 is 29.4 Å². The number of halogens is 1. The highest BCUT2D eigenvalue weighted by Gasteiger charge is 2.73. The normalized spacial score (nSPS) is 30.1. The molecular formula is C27H28ClNO5. The first-order chi connectivity index (χ1) is 16.0. The Balaban J connectivity index is 1.57. The van der Waals surface area contributed by atoms with Gasteiger partial charge in [-0.25, -0.2) is 0 Å². The van der Waals surface area contributed by atoms with Gasteiger partial charge >= 0.3 is 5.97 Å². The fraction of sp³-hybridized carbons (Fsp3) is 0.444. The van der Waals surface area contributed by atoms with Gasteiger partial charge in [-0.3, -0.25) is 19.3 Å². The average Bonchev–Trinajstić information content (AvgIpc) is 3.13. The van der Waals surface area contributed by atoms with Crippen molar-refractivity contribution < 1.29 is 24.2 Å². The van der Waals surface area contributed by atoms with Crippen molar-refractivity contribution in [3.05, 3.63) is 70.2 Å². The van der Waals surface area contributed by atoms with Gasteiger partial charge in [0.1, 0.15) is 0 Å². The third-order valence-corrected chi connectivity index (χ3v) is 9.12. The molecule has 1 saturated carbocycles. The Morgan fingerprint density at radius 3 is 2.50 bits per heavy atom. The summed E-state index contributed by atoms with van der Waals surface area (Å²) < 4.78 is 5.54. The lowest BCUT2D eigenvalue weighted by atomic mass is 9.57. The summed E-state index contributed by atoms with van der Waals surface area (Å²) in [5.74, 6) is -1.52. The molecule has 5 rings (SSSR count). The number of hydrogen-bond acceptors (Lipinski definition) is 5. The Bertz CT molecular complexity index is 1190. The number of benzene rings is 2. The number of amides is 2. The number of nitrogens with zero attached hydrogens (tertiary/aromatic N) is 1. The molecule has 4 atom stereocenters. The summed E-state index contributed by atoms with van der Waals surface area (Å²) in [6.07, 6.45) is 0.165. The van der Waals surface area contributed by atoms with Gasteiger partial charge in [-0.15, -0.1) is 0 Å². The largest absolute Gasteiger partial charge is 0.464 e. The van der Waals surface area contributed by atoms with Crippen LogP contribution in [-0.4, -0.2) is 34.4 Å². The van der Waals surface area contributed by atoms with Gasteiger partial charge in [-0.1, -0.05) is 62.7 Å². The SMILES string of the molecule is CC1(C)[C@@]2(C)CC[C@]1(C(=O)N1C(=O)c3ccccc3[C@@H]1C[C@@H](O)c1ccc(Cl)cc1)C(=O)OC2. The summed E-state index contributed by atoms with van der Waals surface area (Å²) in [6.45, 7) is 6.17. The van der Waals surface area contributed by atoms with E-state index >= 15 is 0 Å². The van der Waals surface area contributed by atoms with E-state index in [1.807, 2.05) is 26.8 Å². The summed E-state index contributed by atoms with van der Waals surface area (Å²) >= 11 is 5.99. The van der Waals surface area contributed by atoms with E-state index in [1.54, 1.807) is 42.5 Å². The van der Waals surface area contributed by atoms with E-state index in [9.17, 15) is 19.5 Å². The van der Waals surface area contributed by atoms with E-state index in [0.717, 1.165) is 0 Å². The lowest BCUT2D eigenvalue weighted by Gasteiger charge is -2.51. The van der Waals surface area contributed by atoms with Gasteiger partial charge in [-0.05, 0) is 47.6 Å². The Labute approximate surface area is 203 Å². The van der Waals surface area contributed by atoms with Crippen molar-refractivity contribution in [1.29, 1.82) is 0 Å². The summed E-state index contributed by atoms with van der Waals surface area (Å²) in [5.41, 5.74) is -0.763. The van der Waals surface area contributed by atoms with Crippen molar-refractivity contribution in [3.8, 4) is 0 Å². The summed E-state index contributed by atoms with van der Waals surface area (Å²) in [6, 6.07) is 13.2. The number of imide groups is 1. The Kier molecular flexibility index (Phi) is 5.19. The number of carbonyl (C=O) groups excluding carboxylic acids is 3. The molecule has 0 radical (unpaired) electrons. The smallest absolute Gasteiger partial charge is 0.322 e. The van der Waals surface area contributed by atoms with E-state index in [1.165, 1.54) is 4.90 Å². The zero-order valence-corrected chi connectivity index (χ0v) is 20.3. The second kappa shape index (κ2) is 7.65. The van der Waals surface area contributed by atoms with E-state index < -0.39 is 40.8 Å². The van der Waals surface area contributed by atoms with E-state index in [-0.39, 0.29) is 18.4 Å². The summed E-state index contributed by atoms with van der Waals surface area (Å²) in [7, 11) is 0. The Hall–Kier alpha value is -2.70. The van der Waals surface area contributed by atoms with Crippen LogP contribution in [0.1, 0.15) is 73.7 Å². The highest BCUT2D eigenvalue weighted by atomic mass is 35.5. The minimum Gasteiger partial charge on any atom is -0.464 e. The fourth-order valence-corrected chi connectivity index (χ4v) is 6.25. The number of rotatable bonds is 4. The molecule has 0 aromatic heterocycles. The molecule has 178 valence electrons. The number of hydrogen-bond donors (Lipinski definition) is 1. The highest BCUT2D eigenvalue weighted by molar-refractivity contribution is 6.30. The van der Waals surface area contributed by atoms with E-state index in [2.05, 4.69) is 0 Å². The van der Waals surface area contributed by atoms with Crippen LogP contribution >= 0.6 is 11.6 Å². The molecule has 1 aliphatic carbocycles. The molecule has 7 heteroatoms. The van der Waals surface area contributed by atoms with Gasteiger partial charge in [-0.2, -0.15) is 0 Å². The molecule has 2 amide bonds. The molecule has 2 aromatic carbocycles. The van der Waals surface area contributed by atoms with Crippen LogP contribution in [0, 0.1) is 16.2 Å². The first-order valence-corrected chi connectivity index (χ1v) is 12.0. The molecule has 2 bridgehead atoms. The van der Waals surface area contributed by atoms with Crippen molar-refractivity contribution in [3.63, 3.8) is 0 Å². The quantitative estimate of drug-likeness (QED) is 0.383. The van der Waals surface area contributed by atoms with Crippen LogP contribution in [0.4, 0.5) is 0 Å². The van der Waals surface area contributed by atoms with Gasteiger partial charge in [0, 0.05) is 22.4 Å². The fourth-order valence-electron chi connectivity index (χ4n) is 6.12. The Morgan fingerprint density at radius 2 is 1.79 bits per heavy atom. The van der Waals surface area contributed by atoms with Gasteiger partial charge < -0.3 is 9.84 Å². The molecule has 2 fully saturated rings. The molecule has 1 saturated heterocycles. The van der Waals surface area contributed by atoms with Gasteiger partial charge in [0.2, 0.25) is 5.91 Å². The van der Waals surface area contributed by atoms with Crippen LogP contribution in [0.3, 0.4) is 0 Å². The first kappa shape index (κ1) is 23.1. The predicted octanol–water partition coefficient (Wildman–Crippen LogP) is 4.86. The maximum absolute atomic E-state index is 14.3. The lowest BCUT2D eigenvalue weighted by molar-refractivity contribution is -0.192. The maximum Gasteiger partial charge on any atom is 0.322 e. The highest BCUT2D eigenvalue weighted by Crippen LogP contribution is 2.67. The van der Waals surface area contributed by atoms with Crippen LogP contribution in [0.25, 0.3) is 0 Å². The third kappa shape index (κ3) is 2.94. The molecule has 1 N–H and O–H groups in total. The molecular weight excluding hydrogens is 454 g/mol. The molecule has 0 spiro atoms. The number of aliphatic hydroxyl groups excluding tert-OH is 1. The van der Waals surface area contributed by atoms with Crippen molar-refractivity contribution in [2.45, 2.75) is 52.2 Å². The third-order valence-electron chi connectivity index (χ3n) is 8.86. The van der Waals surface area contributed by atoms with Crippen molar-refractivity contribution in [2.24, 2.45) is 16.2 Å². The monoisotopic (exact) mass is 481 g/mol. The average molecular weight is 482 g/mol. The topological polar surface area (TPSA) is 83.9 Å². The molecule has 3 aliphatic rings. The number of cyclic esters (lactones) is 1. The second-order valence-corrected chi connectivity index (χ2v) is 11.0. The van der Waals surface area contributed by atoms with Crippen molar-refractivity contribution in [2.75, 3.05) is 6.61 Å². The first-order valence-electron chi connectivity index (χ1n) is 11.6. The maximum atomic E-state index is 14.3. The second-order valence-electron chi connectivity index (χ2n) is 10.6. The van der Waals surface area contributed by atoms with Crippen LogP contribution in [0.2, 0.25) is 5.02 Å². The van der Waals surface area contributed by atoms with Gasteiger partial charge in [0.25, 0.3) is 5.91 Å². The van der Waals surface area contributed by atoms with Crippen LogP contribution in [-0.2, 0) is 14.3 Å². The number of carbonyl (C=O) groups is 3. The number of ether oxygens (including phenoxy) is 1. The van der Waals surface area contributed by atoms with Gasteiger partial charge in [0.15, 0.2) is 5.41 Å². The molecule has 2 aliphatic heterocycles. The molecule has 2 heterocycles. The van der Waals surface area contributed by atoms with Crippen molar-refractivity contribution in [1.82, 2.24) is 4.90 Å². The number of esters is 1. The molecule has 0 unspecified atom stereocenters. The molecule has 34 heavy (non-hydrogen) atoms. The molecule has 6 nitrogen and oxygen atoms in total. The Morgan fingerprint density at radius 1 is 1.12 bits per heavy atom. The predicted molar refractivity (Wildman–Crippen MR) is 126 cm³/mol. The summed E-state index contributed by atoms with van der Waals surface area (Å²) in [4.78, 5) is 42.3. The number of aliphatic hydroxyl groups is 1. The standard InChI is InChI=1S/C27H28ClNO5/c1-25(2)26(3)12-13-27(25,24(33)34-15-26)23(32)29-20(18-6-4-5-7-19(18)22(29)31)14-21(30)16-8-10-17(28)11-9-16/h4-11,20-21,30H,12-15H2,1-3H3/t20-,21+,26-,27-/m0/s1. The summed E-state index contributed by atoms with van der Waals surface area (Å²) in [5, 5.41) is 11.6. The minimum absolute atomic E-state index is 0.110. The lowest BCUT2D eigenvalue weighted by Crippen LogP contribution is -2.61. The minimum atomic E-state index is -1.44. The van der Waals surface area contributed by atoms with E-state index in [4.69, 9.17) is 16.3 Å². The van der Waals surface area contributed by atoms with Gasteiger partial charge in [0.05, 0.1) is 18.8 Å². The van der Waals surface area contributed by atoms with E-state index in [0.29, 0.717) is 34.6 Å². The van der Waals surface area contributed by atoms with Crippen LogP contribution < -0.4 is 0 Å².